The second kappa shape index (κ2) is 4.93. The van der Waals surface area contributed by atoms with Crippen LogP contribution in [-0.2, 0) is 29.3 Å². The molecular formula is C8H10F3N5O2S2. The molecule has 0 amide bonds. The molecule has 0 atom stereocenters. The van der Waals surface area contributed by atoms with Crippen LogP contribution in [0.1, 0.15) is 11.6 Å². The molecule has 0 aliphatic carbocycles. The van der Waals surface area contributed by atoms with Crippen molar-refractivity contribution in [1.82, 2.24) is 19.1 Å². The van der Waals surface area contributed by atoms with Crippen LogP contribution >= 0.6 is 12.2 Å². The van der Waals surface area contributed by atoms with Gasteiger partial charge in [0.05, 0.1) is 11.5 Å². The Bertz CT molecular complexity index is 639. The number of alkyl halides is 3. The van der Waals surface area contributed by atoms with Gasteiger partial charge in [0.1, 0.15) is 11.6 Å². The van der Waals surface area contributed by atoms with Crippen molar-refractivity contribution in [3.05, 3.63) is 11.6 Å². The van der Waals surface area contributed by atoms with Gasteiger partial charge in [-0.2, -0.15) is 17.5 Å². The van der Waals surface area contributed by atoms with Crippen molar-refractivity contribution >= 4 is 27.2 Å². The number of hydrogen-bond acceptors (Lipinski definition) is 5. The maximum Gasteiger partial charge on any atom is 0.451 e. The van der Waals surface area contributed by atoms with Crippen LogP contribution in [0.3, 0.4) is 0 Å². The summed E-state index contributed by atoms with van der Waals surface area (Å²) in [5.41, 5.74) is 5.18. The van der Waals surface area contributed by atoms with Crippen LogP contribution in [0.15, 0.2) is 0 Å². The van der Waals surface area contributed by atoms with Gasteiger partial charge in [0.2, 0.25) is 15.8 Å². The minimum Gasteiger partial charge on any atom is -0.392 e. The van der Waals surface area contributed by atoms with Crippen molar-refractivity contribution in [3.63, 3.8) is 0 Å². The molecular weight excluding hydrogens is 319 g/mol. The summed E-state index contributed by atoms with van der Waals surface area (Å²) in [6.07, 6.45) is -4.62. The molecule has 1 aromatic heterocycles. The molecule has 0 saturated heterocycles. The van der Waals surface area contributed by atoms with Crippen LogP contribution in [0.25, 0.3) is 0 Å². The molecule has 2 N–H and O–H groups in total. The van der Waals surface area contributed by atoms with Gasteiger partial charge in [-0.1, -0.05) is 12.2 Å². The van der Waals surface area contributed by atoms with E-state index in [2.05, 4.69) is 22.4 Å². The van der Waals surface area contributed by atoms with E-state index in [1.165, 1.54) is 0 Å². The van der Waals surface area contributed by atoms with Crippen LogP contribution < -0.4 is 5.73 Å². The van der Waals surface area contributed by atoms with Gasteiger partial charge in [-0.3, -0.25) is 0 Å². The molecule has 0 aromatic carbocycles. The Morgan fingerprint density at radius 1 is 1.35 bits per heavy atom. The Balaban J connectivity index is 2.25. The molecule has 2 heterocycles. The van der Waals surface area contributed by atoms with E-state index in [9.17, 15) is 21.6 Å². The summed E-state index contributed by atoms with van der Waals surface area (Å²) < 4.78 is 63.5. The lowest BCUT2D eigenvalue weighted by molar-refractivity contribution is -0.147. The predicted octanol–water partition coefficient (Wildman–Crippen LogP) is -0.272. The number of hydrogen-bond donors (Lipinski definition) is 1. The standard InChI is InChI=1S/C8H10F3N5O2S2/c9-8(10,11)7-14-13-6-3-15(1-2-16(6)7)20(17,18)4-5(12)19/h1-4H2,(H2,12,19). The maximum absolute atomic E-state index is 12.6. The summed E-state index contributed by atoms with van der Waals surface area (Å²) in [5.74, 6) is -1.71. The van der Waals surface area contributed by atoms with Gasteiger partial charge in [-0.05, 0) is 0 Å². The van der Waals surface area contributed by atoms with E-state index in [1.54, 1.807) is 0 Å². The Morgan fingerprint density at radius 3 is 2.55 bits per heavy atom. The maximum atomic E-state index is 12.6. The molecule has 0 bridgehead atoms. The fourth-order valence-corrected chi connectivity index (χ4v) is 3.51. The van der Waals surface area contributed by atoms with E-state index in [0.29, 0.717) is 0 Å². The van der Waals surface area contributed by atoms with Gasteiger partial charge in [0, 0.05) is 13.1 Å². The molecule has 0 radical (unpaired) electrons. The lowest BCUT2D eigenvalue weighted by Crippen LogP contribution is -2.42. The number of sulfonamides is 1. The zero-order valence-electron chi connectivity index (χ0n) is 9.96. The molecule has 1 aliphatic rings. The predicted molar refractivity (Wildman–Crippen MR) is 66.0 cm³/mol. The quantitative estimate of drug-likeness (QED) is 0.767. The van der Waals surface area contributed by atoms with E-state index >= 15 is 0 Å². The summed E-state index contributed by atoms with van der Waals surface area (Å²) in [6, 6.07) is 0. The third-order valence-corrected chi connectivity index (χ3v) is 4.79. The molecule has 0 saturated carbocycles. The number of rotatable bonds is 3. The van der Waals surface area contributed by atoms with Crippen LogP contribution in [0.2, 0.25) is 0 Å². The van der Waals surface area contributed by atoms with Crippen molar-refractivity contribution < 1.29 is 21.6 Å². The molecule has 20 heavy (non-hydrogen) atoms. The van der Waals surface area contributed by atoms with Gasteiger partial charge < -0.3 is 10.3 Å². The van der Waals surface area contributed by atoms with Crippen molar-refractivity contribution in [2.45, 2.75) is 19.3 Å². The Hall–Kier alpha value is -1.27. The molecule has 0 spiro atoms. The molecule has 0 unspecified atom stereocenters. The number of thiocarbonyl (C=S) groups is 1. The number of nitrogens with zero attached hydrogens (tertiary/aromatic N) is 4. The number of fused-ring (bicyclic) bond motifs is 1. The second-order valence-electron chi connectivity index (χ2n) is 4.15. The summed E-state index contributed by atoms with van der Waals surface area (Å²) in [7, 11) is -3.75. The van der Waals surface area contributed by atoms with Crippen molar-refractivity contribution in [3.8, 4) is 0 Å². The monoisotopic (exact) mass is 329 g/mol. The average Bonchev–Trinajstić information content (AvgIpc) is 2.68. The van der Waals surface area contributed by atoms with Crippen molar-refractivity contribution in [2.75, 3.05) is 12.3 Å². The fraction of sp³-hybridized carbons (Fsp3) is 0.625. The smallest absolute Gasteiger partial charge is 0.392 e. The highest BCUT2D eigenvalue weighted by Crippen LogP contribution is 2.29. The summed E-state index contributed by atoms with van der Waals surface area (Å²) in [4.78, 5) is -0.201. The molecule has 1 aliphatic heterocycles. The minimum absolute atomic E-state index is 0.0601. The summed E-state index contributed by atoms with van der Waals surface area (Å²) in [5, 5.41) is 6.45. The molecule has 2 rings (SSSR count). The highest BCUT2D eigenvalue weighted by atomic mass is 32.2. The van der Waals surface area contributed by atoms with Crippen molar-refractivity contribution in [2.24, 2.45) is 5.73 Å². The van der Waals surface area contributed by atoms with Crippen LogP contribution in [0, 0.1) is 0 Å². The zero-order chi connectivity index (χ0) is 15.1. The highest BCUT2D eigenvalue weighted by Gasteiger charge is 2.40. The fourth-order valence-electron chi connectivity index (χ4n) is 1.85. The van der Waals surface area contributed by atoms with Gasteiger partial charge >= 0.3 is 6.18 Å². The number of aromatic nitrogens is 3. The molecule has 112 valence electrons. The second-order valence-corrected chi connectivity index (χ2v) is 6.64. The first-order valence-corrected chi connectivity index (χ1v) is 7.38. The summed E-state index contributed by atoms with van der Waals surface area (Å²) in [6.45, 7) is -0.569. The lowest BCUT2D eigenvalue weighted by atomic mass is 10.4. The number of nitrogens with two attached hydrogens (primary N) is 1. The third-order valence-electron chi connectivity index (χ3n) is 2.69. The van der Waals surface area contributed by atoms with Crippen molar-refractivity contribution in [1.29, 1.82) is 0 Å². The third kappa shape index (κ3) is 2.91. The lowest BCUT2D eigenvalue weighted by Gasteiger charge is -2.27. The average molecular weight is 329 g/mol. The van der Waals surface area contributed by atoms with Gasteiger partial charge in [-0.15, -0.1) is 10.2 Å². The van der Waals surface area contributed by atoms with E-state index in [-0.39, 0.29) is 30.4 Å². The van der Waals surface area contributed by atoms with Crippen LogP contribution in [0.5, 0.6) is 0 Å². The molecule has 12 heteroatoms. The SMILES string of the molecule is NC(=S)CS(=O)(=O)N1CCn2c(nnc2C(F)(F)F)C1. The van der Waals surface area contributed by atoms with Gasteiger partial charge in [0.25, 0.3) is 0 Å². The van der Waals surface area contributed by atoms with Gasteiger partial charge in [0.15, 0.2) is 0 Å². The topological polar surface area (TPSA) is 94.1 Å². The molecule has 7 nitrogen and oxygen atoms in total. The minimum atomic E-state index is -4.62. The van der Waals surface area contributed by atoms with Gasteiger partial charge in [-0.25, -0.2) is 8.42 Å². The first-order valence-electron chi connectivity index (χ1n) is 5.36. The highest BCUT2D eigenvalue weighted by molar-refractivity contribution is 7.92. The first kappa shape index (κ1) is 15.1. The molecule has 1 aromatic rings. The number of halogens is 3. The largest absolute Gasteiger partial charge is 0.451 e. The zero-order valence-corrected chi connectivity index (χ0v) is 11.6. The van der Waals surface area contributed by atoms with Crippen LogP contribution in [0.4, 0.5) is 13.2 Å². The van der Waals surface area contributed by atoms with E-state index < -0.39 is 27.8 Å². The Morgan fingerprint density at radius 2 is 2.00 bits per heavy atom. The molecule has 0 fully saturated rings. The Kier molecular flexibility index (Phi) is 3.73. The normalized spacial score (nSPS) is 16.9. The van der Waals surface area contributed by atoms with E-state index in [0.717, 1.165) is 8.87 Å². The van der Waals surface area contributed by atoms with E-state index in [1.807, 2.05) is 0 Å². The van der Waals surface area contributed by atoms with E-state index in [4.69, 9.17) is 5.73 Å². The van der Waals surface area contributed by atoms with Crippen LogP contribution in [-0.4, -0.2) is 44.8 Å². The Labute approximate surface area is 117 Å². The first-order chi connectivity index (χ1) is 9.11. The summed E-state index contributed by atoms with van der Waals surface area (Å²) >= 11 is 4.53.